The molecule has 1 saturated heterocycles. The summed E-state index contributed by atoms with van der Waals surface area (Å²) in [4.78, 5) is 26.3. The van der Waals surface area contributed by atoms with Gasteiger partial charge in [0.25, 0.3) is 5.89 Å². The smallest absolute Gasteiger partial charge is 0.261 e. The quantitative estimate of drug-likeness (QED) is 0.590. The van der Waals surface area contributed by atoms with E-state index in [2.05, 4.69) is 20.0 Å². The molecule has 32 heavy (non-hydrogen) atoms. The van der Waals surface area contributed by atoms with Crippen LogP contribution in [0, 0.1) is 0 Å². The summed E-state index contributed by atoms with van der Waals surface area (Å²) in [6.45, 7) is 2.90. The second-order valence-corrected chi connectivity index (χ2v) is 8.36. The van der Waals surface area contributed by atoms with Crippen LogP contribution in [0.5, 0.6) is 5.75 Å². The third kappa shape index (κ3) is 4.44. The van der Waals surface area contributed by atoms with E-state index in [1.807, 2.05) is 41.3 Å². The molecule has 2 fully saturated rings. The summed E-state index contributed by atoms with van der Waals surface area (Å²) in [6.07, 6.45) is 5.29. The highest BCUT2D eigenvalue weighted by Crippen LogP contribution is 2.39. The summed E-state index contributed by atoms with van der Waals surface area (Å²) in [5.74, 6) is 3.49. The summed E-state index contributed by atoms with van der Waals surface area (Å²) in [7, 11) is 1.64. The lowest BCUT2D eigenvalue weighted by Gasteiger charge is -2.24. The van der Waals surface area contributed by atoms with Gasteiger partial charge in [0.1, 0.15) is 11.6 Å². The zero-order valence-electron chi connectivity index (χ0n) is 18.2. The van der Waals surface area contributed by atoms with Crippen molar-refractivity contribution >= 4 is 11.7 Å². The summed E-state index contributed by atoms with van der Waals surface area (Å²) < 4.78 is 10.8. The molecule has 1 aliphatic heterocycles. The van der Waals surface area contributed by atoms with Crippen LogP contribution in [-0.2, 0) is 11.2 Å². The lowest BCUT2D eigenvalue weighted by molar-refractivity contribution is -0.130. The first-order valence-electron chi connectivity index (χ1n) is 11.2. The molecule has 0 N–H and O–H groups in total. The summed E-state index contributed by atoms with van der Waals surface area (Å²) in [6, 6.07) is 11.6. The first kappa shape index (κ1) is 20.5. The number of hydrogen-bond donors (Lipinski definition) is 0. The van der Waals surface area contributed by atoms with Crippen LogP contribution in [0.15, 0.2) is 47.1 Å². The van der Waals surface area contributed by atoms with Gasteiger partial charge in [0.15, 0.2) is 5.82 Å². The third-order valence-corrected chi connectivity index (χ3v) is 6.04. The number of nitrogens with zero attached hydrogens (tertiary/aromatic N) is 5. The fourth-order valence-corrected chi connectivity index (χ4v) is 4.12. The van der Waals surface area contributed by atoms with E-state index < -0.39 is 0 Å². The van der Waals surface area contributed by atoms with Crippen LogP contribution in [0.25, 0.3) is 11.5 Å². The van der Waals surface area contributed by atoms with Crippen molar-refractivity contribution in [3.63, 3.8) is 0 Å². The van der Waals surface area contributed by atoms with Crippen molar-refractivity contribution in [1.29, 1.82) is 0 Å². The van der Waals surface area contributed by atoms with Crippen molar-refractivity contribution in [2.75, 3.05) is 38.2 Å². The largest absolute Gasteiger partial charge is 0.497 e. The Hall–Kier alpha value is -3.42. The van der Waals surface area contributed by atoms with E-state index in [9.17, 15) is 4.79 Å². The van der Waals surface area contributed by atoms with Crippen LogP contribution in [0.3, 0.4) is 0 Å². The highest BCUT2D eigenvalue weighted by molar-refractivity contribution is 5.79. The van der Waals surface area contributed by atoms with Crippen LogP contribution in [0.1, 0.15) is 36.6 Å². The third-order valence-electron chi connectivity index (χ3n) is 6.04. The van der Waals surface area contributed by atoms with Gasteiger partial charge in [0.2, 0.25) is 5.91 Å². The second kappa shape index (κ2) is 8.98. The van der Waals surface area contributed by atoms with Gasteiger partial charge in [-0.05, 0) is 49.1 Å². The molecule has 3 heterocycles. The average molecular weight is 434 g/mol. The van der Waals surface area contributed by atoms with Crippen LogP contribution in [-0.4, -0.2) is 59.2 Å². The first-order chi connectivity index (χ1) is 15.7. The highest BCUT2D eigenvalue weighted by atomic mass is 16.5. The molecule has 1 saturated carbocycles. The van der Waals surface area contributed by atoms with Crippen molar-refractivity contribution < 1.29 is 14.1 Å². The zero-order chi connectivity index (χ0) is 21.9. The van der Waals surface area contributed by atoms with Crippen LogP contribution in [0.4, 0.5) is 5.82 Å². The van der Waals surface area contributed by atoms with Crippen molar-refractivity contribution in [1.82, 2.24) is 20.0 Å². The van der Waals surface area contributed by atoms with Gasteiger partial charge in [-0.15, -0.1) is 0 Å². The Balaban J connectivity index is 1.27. The number of anilines is 1. The molecular weight excluding hydrogens is 406 g/mol. The van der Waals surface area contributed by atoms with Gasteiger partial charge in [-0.2, -0.15) is 4.98 Å². The molecule has 1 aliphatic carbocycles. The predicted molar refractivity (Wildman–Crippen MR) is 120 cm³/mol. The molecule has 1 amide bonds. The van der Waals surface area contributed by atoms with Gasteiger partial charge in [-0.1, -0.05) is 17.3 Å². The Morgan fingerprint density at radius 2 is 2.06 bits per heavy atom. The topological polar surface area (TPSA) is 84.6 Å². The summed E-state index contributed by atoms with van der Waals surface area (Å²) in [5.41, 5.74) is 1.81. The van der Waals surface area contributed by atoms with Gasteiger partial charge in [-0.25, -0.2) is 4.98 Å². The Kier molecular flexibility index (Phi) is 5.75. The van der Waals surface area contributed by atoms with Crippen molar-refractivity contribution in [3.05, 3.63) is 54.0 Å². The molecule has 0 spiro atoms. The number of methoxy groups -OCH3 is 1. The van der Waals surface area contributed by atoms with Gasteiger partial charge in [0.05, 0.1) is 19.1 Å². The molecule has 0 bridgehead atoms. The minimum Gasteiger partial charge on any atom is -0.497 e. The van der Waals surface area contributed by atoms with E-state index in [0.717, 1.165) is 60.9 Å². The number of amides is 1. The lowest BCUT2D eigenvalue weighted by atomic mass is 10.1. The van der Waals surface area contributed by atoms with Crippen molar-refractivity contribution in [3.8, 4) is 17.2 Å². The predicted octanol–water partition coefficient (Wildman–Crippen LogP) is 3.30. The minimum absolute atomic E-state index is 0.132. The normalized spacial score (nSPS) is 16.7. The molecule has 0 unspecified atom stereocenters. The number of hydrogen-bond acceptors (Lipinski definition) is 7. The Morgan fingerprint density at radius 3 is 2.91 bits per heavy atom. The Labute approximate surface area is 187 Å². The van der Waals surface area contributed by atoms with E-state index in [-0.39, 0.29) is 5.91 Å². The van der Waals surface area contributed by atoms with Gasteiger partial charge in [-0.3, -0.25) is 4.79 Å². The van der Waals surface area contributed by atoms with Gasteiger partial charge < -0.3 is 19.1 Å². The van der Waals surface area contributed by atoms with E-state index in [0.29, 0.717) is 31.3 Å². The molecule has 3 aromatic rings. The van der Waals surface area contributed by atoms with Crippen LogP contribution >= 0.6 is 0 Å². The molecule has 8 heteroatoms. The average Bonchev–Trinajstić information content (AvgIpc) is 3.61. The van der Waals surface area contributed by atoms with Crippen molar-refractivity contribution in [2.24, 2.45) is 0 Å². The van der Waals surface area contributed by atoms with E-state index >= 15 is 0 Å². The molecular formula is C24H27N5O3. The fourth-order valence-electron chi connectivity index (χ4n) is 4.12. The van der Waals surface area contributed by atoms with Crippen molar-refractivity contribution in [2.45, 2.75) is 31.6 Å². The molecule has 5 rings (SSSR count). The number of carbonyl (C=O) groups excluding carboxylic acids is 1. The highest BCUT2D eigenvalue weighted by Gasteiger charge is 2.30. The standard InChI is InChI=1S/C24H27N5O3/c1-31-19-6-2-5-17(15-19)16-21(30)28-11-4-12-29(14-13-28)23-20(7-3-10-25-23)24-26-22(27-32-24)18-8-9-18/h2-3,5-7,10,15,18H,4,8-9,11-14,16H2,1H3. The minimum atomic E-state index is 0.132. The fraction of sp³-hybridized carbons (Fsp3) is 0.417. The molecule has 166 valence electrons. The van der Waals surface area contributed by atoms with Gasteiger partial charge in [0, 0.05) is 38.3 Å². The number of carbonyl (C=O) groups is 1. The van der Waals surface area contributed by atoms with Gasteiger partial charge >= 0.3 is 0 Å². The maximum atomic E-state index is 12.9. The lowest BCUT2D eigenvalue weighted by Crippen LogP contribution is -2.36. The number of pyridine rings is 1. The summed E-state index contributed by atoms with van der Waals surface area (Å²) in [5, 5.41) is 4.15. The van der Waals surface area contributed by atoms with Crippen LogP contribution in [0.2, 0.25) is 0 Å². The molecule has 2 aromatic heterocycles. The monoisotopic (exact) mass is 433 g/mol. The first-order valence-corrected chi connectivity index (χ1v) is 11.2. The molecule has 2 aliphatic rings. The molecule has 0 atom stereocenters. The number of rotatable bonds is 6. The SMILES string of the molecule is COc1cccc(CC(=O)N2CCCN(c3ncccc3-c3nc(C4CC4)no3)CC2)c1. The molecule has 8 nitrogen and oxygen atoms in total. The zero-order valence-corrected chi connectivity index (χ0v) is 18.2. The maximum Gasteiger partial charge on any atom is 0.261 e. The summed E-state index contributed by atoms with van der Waals surface area (Å²) >= 11 is 0. The second-order valence-electron chi connectivity index (χ2n) is 8.36. The Bertz CT molecular complexity index is 1090. The van der Waals surface area contributed by atoms with E-state index in [1.165, 1.54) is 0 Å². The van der Waals surface area contributed by atoms with Crippen LogP contribution < -0.4 is 9.64 Å². The number of benzene rings is 1. The Morgan fingerprint density at radius 1 is 1.16 bits per heavy atom. The maximum absolute atomic E-state index is 12.9. The molecule has 0 radical (unpaired) electrons. The van der Waals surface area contributed by atoms with E-state index in [4.69, 9.17) is 9.26 Å². The number of aromatic nitrogens is 3. The number of ether oxygens (including phenoxy) is 1. The molecule has 1 aromatic carbocycles. The van der Waals surface area contributed by atoms with E-state index in [1.54, 1.807) is 13.3 Å².